The van der Waals surface area contributed by atoms with Crippen LogP contribution < -0.4 is 10.6 Å². The minimum absolute atomic E-state index is 0.0613. The van der Waals surface area contributed by atoms with Crippen LogP contribution in [0.3, 0.4) is 0 Å². The molecule has 6 nitrogen and oxygen atoms in total. The van der Waals surface area contributed by atoms with E-state index in [1.807, 2.05) is 38.2 Å². The highest BCUT2D eigenvalue weighted by Gasteiger charge is 2.10. The van der Waals surface area contributed by atoms with Gasteiger partial charge in [-0.2, -0.15) is 0 Å². The zero-order chi connectivity index (χ0) is 16.5. The molecule has 0 aliphatic carbocycles. The Kier molecular flexibility index (Phi) is 7.56. The SMILES string of the molecule is CNC(C)C(=O)Nc1ccc(CN(C)CCOC(C)=O)cc1. The number of carbonyl (C=O) groups excluding carboxylic acids is 2. The number of esters is 1. The van der Waals surface area contributed by atoms with Gasteiger partial charge in [-0.3, -0.25) is 14.5 Å². The Bertz CT molecular complexity index is 488. The summed E-state index contributed by atoms with van der Waals surface area (Å²) in [7, 11) is 3.72. The predicted molar refractivity (Wildman–Crippen MR) is 86.6 cm³/mol. The number of likely N-dealkylation sites (N-methyl/N-ethyl adjacent to an activating group) is 2. The molecule has 0 saturated carbocycles. The van der Waals surface area contributed by atoms with Crippen molar-refractivity contribution in [2.45, 2.75) is 26.4 Å². The van der Waals surface area contributed by atoms with Crippen molar-refractivity contribution in [1.82, 2.24) is 10.2 Å². The monoisotopic (exact) mass is 307 g/mol. The summed E-state index contributed by atoms with van der Waals surface area (Å²) >= 11 is 0. The number of anilines is 1. The van der Waals surface area contributed by atoms with E-state index in [0.717, 1.165) is 17.8 Å². The molecular weight excluding hydrogens is 282 g/mol. The first-order valence-corrected chi connectivity index (χ1v) is 7.31. The minimum Gasteiger partial charge on any atom is -0.465 e. The minimum atomic E-state index is -0.260. The van der Waals surface area contributed by atoms with Crippen molar-refractivity contribution in [3.8, 4) is 0 Å². The van der Waals surface area contributed by atoms with Gasteiger partial charge >= 0.3 is 5.97 Å². The molecule has 0 fully saturated rings. The molecule has 0 bridgehead atoms. The third-order valence-corrected chi connectivity index (χ3v) is 3.28. The molecule has 1 aromatic carbocycles. The highest BCUT2D eigenvalue weighted by atomic mass is 16.5. The largest absolute Gasteiger partial charge is 0.465 e. The van der Waals surface area contributed by atoms with Gasteiger partial charge in [0, 0.05) is 25.7 Å². The van der Waals surface area contributed by atoms with Crippen LogP contribution in [0.15, 0.2) is 24.3 Å². The zero-order valence-electron chi connectivity index (χ0n) is 13.7. The lowest BCUT2D eigenvalue weighted by atomic mass is 10.2. The van der Waals surface area contributed by atoms with Gasteiger partial charge in [-0.05, 0) is 38.7 Å². The van der Waals surface area contributed by atoms with E-state index < -0.39 is 0 Å². The van der Waals surface area contributed by atoms with Gasteiger partial charge in [0.1, 0.15) is 6.61 Å². The lowest BCUT2D eigenvalue weighted by Gasteiger charge is -2.17. The van der Waals surface area contributed by atoms with E-state index in [2.05, 4.69) is 15.5 Å². The van der Waals surface area contributed by atoms with Crippen LogP contribution in [0.4, 0.5) is 5.69 Å². The van der Waals surface area contributed by atoms with Gasteiger partial charge in [-0.15, -0.1) is 0 Å². The Morgan fingerprint density at radius 2 is 1.91 bits per heavy atom. The Balaban J connectivity index is 2.44. The molecule has 0 aliphatic rings. The summed E-state index contributed by atoms with van der Waals surface area (Å²) in [5.74, 6) is -0.321. The standard InChI is InChI=1S/C16H25N3O3/c1-12(17-3)16(21)18-15-7-5-14(6-8-15)11-19(4)9-10-22-13(2)20/h5-8,12,17H,9-11H2,1-4H3,(H,18,21). The van der Waals surface area contributed by atoms with Gasteiger partial charge in [-0.25, -0.2) is 0 Å². The van der Waals surface area contributed by atoms with Gasteiger partial charge in [-0.1, -0.05) is 12.1 Å². The first-order valence-electron chi connectivity index (χ1n) is 7.31. The van der Waals surface area contributed by atoms with E-state index in [-0.39, 0.29) is 17.9 Å². The second kappa shape index (κ2) is 9.17. The molecule has 0 aliphatic heterocycles. The molecule has 1 atom stereocenters. The Hall–Kier alpha value is -1.92. The van der Waals surface area contributed by atoms with Gasteiger partial charge in [0.05, 0.1) is 6.04 Å². The van der Waals surface area contributed by atoms with Gasteiger partial charge < -0.3 is 15.4 Å². The molecule has 122 valence electrons. The van der Waals surface area contributed by atoms with Crippen LogP contribution in [-0.2, 0) is 20.9 Å². The van der Waals surface area contributed by atoms with Crippen molar-refractivity contribution in [3.05, 3.63) is 29.8 Å². The zero-order valence-corrected chi connectivity index (χ0v) is 13.7. The topological polar surface area (TPSA) is 70.7 Å². The Labute approximate surface area is 131 Å². The average molecular weight is 307 g/mol. The predicted octanol–water partition coefficient (Wildman–Crippen LogP) is 1.23. The number of nitrogens with zero attached hydrogens (tertiary/aromatic N) is 1. The molecule has 0 aromatic heterocycles. The summed E-state index contributed by atoms with van der Waals surface area (Å²) in [5.41, 5.74) is 1.91. The highest BCUT2D eigenvalue weighted by Crippen LogP contribution is 2.11. The van der Waals surface area contributed by atoms with E-state index in [1.165, 1.54) is 6.92 Å². The molecule has 1 unspecified atom stereocenters. The van der Waals surface area contributed by atoms with Crippen molar-refractivity contribution in [3.63, 3.8) is 0 Å². The molecule has 1 rings (SSSR count). The van der Waals surface area contributed by atoms with Crippen molar-refractivity contribution < 1.29 is 14.3 Å². The number of hydrogen-bond acceptors (Lipinski definition) is 5. The summed E-state index contributed by atoms with van der Waals surface area (Å²) in [6.45, 7) is 5.03. The summed E-state index contributed by atoms with van der Waals surface area (Å²) in [6, 6.07) is 7.49. The van der Waals surface area contributed by atoms with Crippen LogP contribution >= 0.6 is 0 Å². The molecule has 0 heterocycles. The maximum absolute atomic E-state index is 11.8. The third kappa shape index (κ3) is 6.69. The van der Waals surface area contributed by atoms with Crippen LogP contribution in [0, 0.1) is 0 Å². The van der Waals surface area contributed by atoms with Gasteiger partial charge in [0.15, 0.2) is 0 Å². The normalized spacial score (nSPS) is 12.0. The van der Waals surface area contributed by atoms with E-state index >= 15 is 0 Å². The van der Waals surface area contributed by atoms with E-state index in [9.17, 15) is 9.59 Å². The van der Waals surface area contributed by atoms with E-state index in [4.69, 9.17) is 4.74 Å². The molecule has 0 saturated heterocycles. The van der Waals surface area contributed by atoms with Crippen LogP contribution in [-0.4, -0.2) is 50.1 Å². The maximum Gasteiger partial charge on any atom is 0.302 e. The summed E-state index contributed by atoms with van der Waals surface area (Å²) in [4.78, 5) is 24.5. The summed E-state index contributed by atoms with van der Waals surface area (Å²) in [5, 5.41) is 5.74. The molecule has 1 amide bonds. The summed E-state index contributed by atoms with van der Waals surface area (Å²) in [6.07, 6.45) is 0. The molecule has 0 spiro atoms. The number of amides is 1. The van der Waals surface area contributed by atoms with Crippen LogP contribution in [0.5, 0.6) is 0 Å². The molecule has 22 heavy (non-hydrogen) atoms. The van der Waals surface area contributed by atoms with Crippen molar-refractivity contribution >= 4 is 17.6 Å². The second-order valence-corrected chi connectivity index (χ2v) is 5.27. The van der Waals surface area contributed by atoms with Crippen molar-refractivity contribution in [2.75, 3.05) is 32.6 Å². The number of nitrogens with one attached hydrogen (secondary N) is 2. The smallest absolute Gasteiger partial charge is 0.302 e. The first-order chi connectivity index (χ1) is 10.4. The average Bonchev–Trinajstić information content (AvgIpc) is 2.48. The number of benzene rings is 1. The molecule has 1 aromatic rings. The molecule has 0 radical (unpaired) electrons. The van der Waals surface area contributed by atoms with E-state index in [0.29, 0.717) is 13.2 Å². The fraction of sp³-hybridized carbons (Fsp3) is 0.500. The van der Waals surface area contributed by atoms with Crippen LogP contribution in [0.1, 0.15) is 19.4 Å². The van der Waals surface area contributed by atoms with Crippen molar-refractivity contribution in [1.29, 1.82) is 0 Å². The number of rotatable bonds is 8. The molecule has 6 heteroatoms. The van der Waals surface area contributed by atoms with Gasteiger partial charge in [0.25, 0.3) is 0 Å². The van der Waals surface area contributed by atoms with Crippen LogP contribution in [0.25, 0.3) is 0 Å². The third-order valence-electron chi connectivity index (χ3n) is 3.28. The molecular formula is C16H25N3O3. The summed E-state index contributed by atoms with van der Waals surface area (Å²) < 4.78 is 4.91. The Morgan fingerprint density at radius 1 is 1.27 bits per heavy atom. The number of carbonyl (C=O) groups is 2. The lowest BCUT2D eigenvalue weighted by molar-refractivity contribution is -0.141. The number of hydrogen-bond donors (Lipinski definition) is 2. The van der Waals surface area contributed by atoms with E-state index in [1.54, 1.807) is 7.05 Å². The second-order valence-electron chi connectivity index (χ2n) is 5.27. The quantitative estimate of drug-likeness (QED) is 0.707. The van der Waals surface area contributed by atoms with Crippen molar-refractivity contribution in [2.24, 2.45) is 0 Å². The molecule has 2 N–H and O–H groups in total. The highest BCUT2D eigenvalue weighted by molar-refractivity contribution is 5.94. The fourth-order valence-corrected chi connectivity index (χ4v) is 1.81. The fourth-order valence-electron chi connectivity index (χ4n) is 1.81. The first kappa shape index (κ1) is 18.1. The Morgan fingerprint density at radius 3 is 2.45 bits per heavy atom. The van der Waals surface area contributed by atoms with Gasteiger partial charge in [0.2, 0.25) is 5.91 Å². The lowest BCUT2D eigenvalue weighted by Crippen LogP contribution is -2.35. The van der Waals surface area contributed by atoms with Crippen LogP contribution in [0.2, 0.25) is 0 Å². The maximum atomic E-state index is 11.8. The number of ether oxygens (including phenoxy) is 1.